The molecular weight excluding hydrogens is 566 g/mol. The molecule has 0 spiro atoms. The van der Waals surface area contributed by atoms with Gasteiger partial charge in [0.15, 0.2) is 0 Å². The summed E-state index contributed by atoms with van der Waals surface area (Å²) in [5, 5.41) is 2.43. The van der Waals surface area contributed by atoms with Crippen molar-refractivity contribution in [3.8, 4) is 5.75 Å². The lowest BCUT2D eigenvalue weighted by atomic mass is 9.86. The number of hydrogen-bond acceptors (Lipinski definition) is 4. The molecule has 2 unspecified atom stereocenters. The van der Waals surface area contributed by atoms with Gasteiger partial charge in [0.05, 0.1) is 24.3 Å². The van der Waals surface area contributed by atoms with Crippen molar-refractivity contribution in [3.05, 3.63) is 69.8 Å². The molecule has 1 aliphatic heterocycles. The molecule has 2 aromatic carbocycles. The van der Waals surface area contributed by atoms with E-state index < -0.39 is 41.7 Å². The molecule has 2 aliphatic rings. The van der Waals surface area contributed by atoms with Crippen LogP contribution >= 0.6 is 0 Å². The van der Waals surface area contributed by atoms with Crippen molar-refractivity contribution in [2.24, 2.45) is 0 Å². The fourth-order valence-corrected chi connectivity index (χ4v) is 5.12. The second kappa shape index (κ2) is 13.5. The SMILES string of the molecule is CCNC=O.COc1ccc(C)cc1C1=C(CN2C(=O)OC(c3cc(C(F)(F)F)cc(C(F)(F)F)c3)C2C)CCCC1. The summed E-state index contributed by atoms with van der Waals surface area (Å²) in [5.74, 6) is 0.693. The summed E-state index contributed by atoms with van der Waals surface area (Å²) in [5.41, 5.74) is 0.733. The molecule has 2 amide bonds. The number of aryl methyl sites for hydroxylation is 1. The van der Waals surface area contributed by atoms with E-state index in [1.165, 1.54) is 4.90 Å². The number of nitrogens with one attached hydrogen (secondary N) is 1. The molecule has 12 heteroatoms. The van der Waals surface area contributed by atoms with E-state index in [1.54, 1.807) is 14.0 Å². The van der Waals surface area contributed by atoms with Crippen LogP contribution in [0.25, 0.3) is 5.57 Å². The van der Waals surface area contributed by atoms with Gasteiger partial charge in [-0.15, -0.1) is 0 Å². The van der Waals surface area contributed by atoms with E-state index in [0.29, 0.717) is 30.7 Å². The molecule has 1 saturated heterocycles. The Bertz CT molecular complexity index is 1270. The first-order valence-electron chi connectivity index (χ1n) is 13.5. The normalized spacial score (nSPS) is 19.2. The number of carbonyl (C=O) groups excluding carboxylic acids is 2. The van der Waals surface area contributed by atoms with Crippen LogP contribution in [0.5, 0.6) is 5.75 Å². The zero-order valence-electron chi connectivity index (χ0n) is 23.8. The van der Waals surface area contributed by atoms with Gasteiger partial charge in [-0.2, -0.15) is 26.3 Å². The lowest BCUT2D eigenvalue weighted by Crippen LogP contribution is -2.34. The highest BCUT2D eigenvalue weighted by atomic mass is 19.4. The summed E-state index contributed by atoms with van der Waals surface area (Å²) in [4.78, 5) is 23.5. The summed E-state index contributed by atoms with van der Waals surface area (Å²) in [6.45, 7) is 6.28. The zero-order valence-corrected chi connectivity index (χ0v) is 23.8. The lowest BCUT2D eigenvalue weighted by Gasteiger charge is -2.28. The molecule has 4 rings (SSSR count). The Labute approximate surface area is 240 Å². The standard InChI is InChI=1S/C27H27F6NO3.C3H7NO/c1-15-8-9-23(36-3)22(10-15)21-7-5-4-6-17(21)14-34-16(2)24(37-25(34)35)18-11-19(26(28,29)30)13-20(12-18)27(31,32)33;1-2-4-3-5/h8-13,16,24H,4-7,14H2,1-3H3;3H,2H2,1H3,(H,4,5). The minimum absolute atomic E-state index is 0.0665. The van der Waals surface area contributed by atoms with Crippen LogP contribution < -0.4 is 10.1 Å². The minimum atomic E-state index is -4.99. The van der Waals surface area contributed by atoms with Crippen LogP contribution in [0.4, 0.5) is 31.1 Å². The maximum absolute atomic E-state index is 13.4. The molecule has 0 bridgehead atoms. The number of rotatable bonds is 7. The monoisotopic (exact) mass is 600 g/mol. The number of allylic oxidation sites excluding steroid dienone is 1. The van der Waals surface area contributed by atoms with Gasteiger partial charge in [0.1, 0.15) is 11.9 Å². The Kier molecular flexibility index (Phi) is 10.6. The number of hydrogen-bond donors (Lipinski definition) is 1. The van der Waals surface area contributed by atoms with Crippen LogP contribution in [0.15, 0.2) is 42.0 Å². The Morgan fingerprint density at radius 3 is 2.17 bits per heavy atom. The maximum atomic E-state index is 13.4. The maximum Gasteiger partial charge on any atom is 0.416 e. The number of benzene rings is 2. The lowest BCUT2D eigenvalue weighted by molar-refractivity contribution is -0.143. The Hall–Kier alpha value is -3.70. The van der Waals surface area contributed by atoms with E-state index in [1.807, 2.05) is 32.0 Å². The zero-order chi connectivity index (χ0) is 31.2. The van der Waals surface area contributed by atoms with Crippen molar-refractivity contribution >= 4 is 18.1 Å². The summed E-state index contributed by atoms with van der Waals surface area (Å²) < 4.78 is 91.2. The second-order valence-electron chi connectivity index (χ2n) is 10.2. The van der Waals surface area contributed by atoms with E-state index in [4.69, 9.17) is 9.47 Å². The largest absolute Gasteiger partial charge is 0.496 e. The van der Waals surface area contributed by atoms with Gasteiger partial charge in [0, 0.05) is 18.7 Å². The van der Waals surface area contributed by atoms with Crippen LogP contribution in [-0.2, 0) is 21.9 Å². The van der Waals surface area contributed by atoms with Crippen molar-refractivity contribution in [1.29, 1.82) is 0 Å². The topological polar surface area (TPSA) is 67.9 Å². The van der Waals surface area contributed by atoms with E-state index in [0.717, 1.165) is 48.1 Å². The first kappa shape index (κ1) is 32.8. The molecule has 1 aliphatic carbocycles. The first-order valence-corrected chi connectivity index (χ1v) is 13.5. The van der Waals surface area contributed by atoms with Gasteiger partial charge < -0.3 is 14.8 Å². The van der Waals surface area contributed by atoms with E-state index >= 15 is 0 Å². The smallest absolute Gasteiger partial charge is 0.416 e. The molecule has 42 heavy (non-hydrogen) atoms. The average molecular weight is 601 g/mol. The molecule has 0 saturated carbocycles. The van der Waals surface area contributed by atoms with Crippen LogP contribution in [0.1, 0.15) is 73.5 Å². The quantitative estimate of drug-likeness (QED) is 0.261. The number of alkyl halides is 6. The van der Waals surface area contributed by atoms with E-state index in [9.17, 15) is 35.9 Å². The second-order valence-corrected chi connectivity index (χ2v) is 10.2. The Balaban J connectivity index is 0.000000892. The van der Waals surface area contributed by atoms with Crippen molar-refractivity contribution in [1.82, 2.24) is 10.2 Å². The molecule has 0 aromatic heterocycles. The van der Waals surface area contributed by atoms with Crippen molar-refractivity contribution in [2.45, 2.75) is 71.0 Å². The van der Waals surface area contributed by atoms with Crippen LogP contribution in [-0.4, -0.2) is 43.6 Å². The van der Waals surface area contributed by atoms with Gasteiger partial charge in [-0.05, 0) is 93.5 Å². The summed E-state index contributed by atoms with van der Waals surface area (Å²) >= 11 is 0. The average Bonchev–Trinajstić information content (AvgIpc) is 3.21. The third-order valence-corrected chi connectivity index (χ3v) is 7.24. The Morgan fingerprint density at radius 2 is 1.64 bits per heavy atom. The molecule has 0 radical (unpaired) electrons. The molecular formula is C30H34F6N2O4. The highest BCUT2D eigenvalue weighted by Crippen LogP contribution is 2.42. The highest BCUT2D eigenvalue weighted by Gasteiger charge is 2.43. The van der Waals surface area contributed by atoms with E-state index in [-0.39, 0.29) is 18.2 Å². The molecule has 230 valence electrons. The van der Waals surface area contributed by atoms with E-state index in [2.05, 4.69) is 5.32 Å². The van der Waals surface area contributed by atoms with Gasteiger partial charge >= 0.3 is 18.4 Å². The van der Waals surface area contributed by atoms with Gasteiger partial charge in [-0.3, -0.25) is 9.69 Å². The number of nitrogens with zero attached hydrogens (tertiary/aromatic N) is 1. The summed E-state index contributed by atoms with van der Waals surface area (Å²) in [6, 6.07) is 6.34. The van der Waals surface area contributed by atoms with Crippen molar-refractivity contribution in [3.63, 3.8) is 0 Å². The predicted molar refractivity (Wildman–Crippen MR) is 145 cm³/mol. The summed E-state index contributed by atoms with van der Waals surface area (Å²) in [7, 11) is 1.58. The van der Waals surface area contributed by atoms with Crippen LogP contribution in [0.2, 0.25) is 0 Å². The molecule has 1 N–H and O–H groups in total. The van der Waals surface area contributed by atoms with Crippen molar-refractivity contribution in [2.75, 3.05) is 20.2 Å². The third kappa shape index (κ3) is 7.77. The number of amides is 2. The van der Waals surface area contributed by atoms with Crippen molar-refractivity contribution < 1.29 is 45.4 Å². The molecule has 1 heterocycles. The number of ether oxygens (including phenoxy) is 2. The number of cyclic esters (lactones) is 1. The number of methoxy groups -OCH3 is 1. The summed E-state index contributed by atoms with van der Waals surface area (Å²) in [6.07, 6.45) is -8.05. The fraction of sp³-hybridized carbons (Fsp3) is 0.467. The number of carbonyl (C=O) groups is 2. The third-order valence-electron chi connectivity index (χ3n) is 7.24. The molecule has 2 atom stereocenters. The first-order chi connectivity index (χ1) is 19.7. The van der Waals surface area contributed by atoms with Gasteiger partial charge in [0.2, 0.25) is 6.41 Å². The fourth-order valence-electron chi connectivity index (χ4n) is 5.12. The molecule has 2 aromatic rings. The van der Waals surface area contributed by atoms with Gasteiger partial charge in [-0.25, -0.2) is 4.79 Å². The van der Waals surface area contributed by atoms with Crippen LogP contribution in [0, 0.1) is 6.92 Å². The predicted octanol–water partition coefficient (Wildman–Crippen LogP) is 7.70. The molecule has 1 fully saturated rings. The minimum Gasteiger partial charge on any atom is -0.496 e. The highest BCUT2D eigenvalue weighted by molar-refractivity contribution is 5.76. The number of halogens is 6. The Morgan fingerprint density at radius 1 is 1.02 bits per heavy atom. The molecule has 6 nitrogen and oxygen atoms in total. The van der Waals surface area contributed by atoms with Gasteiger partial charge in [0.25, 0.3) is 0 Å². The van der Waals surface area contributed by atoms with Crippen LogP contribution in [0.3, 0.4) is 0 Å². The van der Waals surface area contributed by atoms with Gasteiger partial charge in [-0.1, -0.05) is 11.6 Å².